The summed E-state index contributed by atoms with van der Waals surface area (Å²) in [5.41, 5.74) is 0. The van der Waals surface area contributed by atoms with Crippen LogP contribution in [0.3, 0.4) is 0 Å². The van der Waals surface area contributed by atoms with E-state index in [4.69, 9.17) is 4.74 Å². The molecule has 2 nitrogen and oxygen atoms in total. The monoisotopic (exact) mass is 509 g/mol. The van der Waals surface area contributed by atoms with Crippen LogP contribution in [0.5, 0.6) is 0 Å². The van der Waals surface area contributed by atoms with Gasteiger partial charge in [0.05, 0.1) is 12.5 Å². The number of hydrogen-bond acceptors (Lipinski definition) is 2. The average Bonchev–Trinajstić information content (AvgIpc) is 2.88. The largest absolute Gasteiger partial charge is 0.465 e. The van der Waals surface area contributed by atoms with Gasteiger partial charge in [-0.2, -0.15) is 0 Å². The maximum absolute atomic E-state index is 12.6. The van der Waals surface area contributed by atoms with E-state index in [-0.39, 0.29) is 11.9 Å². The summed E-state index contributed by atoms with van der Waals surface area (Å²) in [7, 11) is 0. The fraction of sp³-hybridized carbons (Fsp3) is 0.971. The lowest BCUT2D eigenvalue weighted by molar-refractivity contribution is -0.149. The van der Waals surface area contributed by atoms with E-state index < -0.39 is 0 Å². The molecule has 216 valence electrons. The van der Waals surface area contributed by atoms with Gasteiger partial charge < -0.3 is 4.74 Å². The zero-order valence-corrected chi connectivity index (χ0v) is 25.6. The Morgan fingerprint density at radius 1 is 0.472 bits per heavy atom. The van der Waals surface area contributed by atoms with E-state index in [0.717, 1.165) is 6.42 Å². The molecule has 2 atom stereocenters. The van der Waals surface area contributed by atoms with E-state index in [9.17, 15) is 4.79 Å². The summed E-state index contributed by atoms with van der Waals surface area (Å²) < 4.78 is 5.88. The number of unbranched alkanes of at least 4 members (excludes halogenated alkanes) is 20. The summed E-state index contributed by atoms with van der Waals surface area (Å²) in [5, 5.41) is 0. The van der Waals surface area contributed by atoms with Gasteiger partial charge in [0.2, 0.25) is 0 Å². The van der Waals surface area contributed by atoms with Crippen molar-refractivity contribution in [2.45, 2.75) is 195 Å². The van der Waals surface area contributed by atoms with Crippen LogP contribution >= 0.6 is 0 Å². The first-order valence-corrected chi connectivity index (χ1v) is 16.8. The predicted molar refractivity (Wildman–Crippen MR) is 161 cm³/mol. The van der Waals surface area contributed by atoms with Crippen LogP contribution < -0.4 is 0 Å². The van der Waals surface area contributed by atoms with Gasteiger partial charge in [0.25, 0.3) is 0 Å². The number of carbonyl (C=O) groups is 1. The van der Waals surface area contributed by atoms with Gasteiger partial charge in [0, 0.05) is 0 Å². The second-order valence-corrected chi connectivity index (χ2v) is 11.8. The zero-order chi connectivity index (χ0) is 26.5. The van der Waals surface area contributed by atoms with Crippen LogP contribution in [0.25, 0.3) is 0 Å². The molecule has 0 aromatic rings. The smallest absolute Gasteiger partial charge is 0.308 e. The van der Waals surface area contributed by atoms with Gasteiger partial charge in [0.1, 0.15) is 0 Å². The summed E-state index contributed by atoms with van der Waals surface area (Å²) >= 11 is 0. The second kappa shape index (κ2) is 29.0. The molecule has 0 aliphatic rings. The molecule has 0 radical (unpaired) electrons. The number of carbonyl (C=O) groups excluding carboxylic acids is 1. The highest BCUT2D eigenvalue weighted by molar-refractivity contribution is 5.71. The Morgan fingerprint density at radius 3 is 1.14 bits per heavy atom. The summed E-state index contributed by atoms with van der Waals surface area (Å²) in [6.45, 7) is 9.57. The number of ether oxygens (including phenoxy) is 1. The number of esters is 1. The van der Waals surface area contributed by atoms with Crippen LogP contribution in [-0.2, 0) is 9.53 Å². The molecule has 0 saturated heterocycles. The van der Waals surface area contributed by atoms with Gasteiger partial charge in [-0.05, 0) is 25.2 Å². The predicted octanol–water partition coefficient (Wildman–Crippen LogP) is 12.0. The molecule has 0 aliphatic heterocycles. The van der Waals surface area contributed by atoms with Gasteiger partial charge in [0.15, 0.2) is 0 Å². The molecule has 36 heavy (non-hydrogen) atoms. The molecule has 0 heterocycles. The Hall–Kier alpha value is -0.530. The highest BCUT2D eigenvalue weighted by Crippen LogP contribution is 2.21. The normalized spacial score (nSPS) is 13.1. The average molecular weight is 509 g/mol. The lowest BCUT2D eigenvalue weighted by Gasteiger charge is -2.19. The molecule has 0 fully saturated rings. The lowest BCUT2D eigenvalue weighted by Crippen LogP contribution is -2.20. The minimum Gasteiger partial charge on any atom is -0.465 e. The summed E-state index contributed by atoms with van der Waals surface area (Å²) in [4.78, 5) is 12.6. The van der Waals surface area contributed by atoms with Crippen molar-refractivity contribution in [3.63, 3.8) is 0 Å². The molecule has 2 unspecified atom stereocenters. The molecular formula is C34H68O2. The molecule has 0 aromatic carbocycles. The molecule has 0 amide bonds. The third-order valence-electron chi connectivity index (χ3n) is 8.04. The van der Waals surface area contributed by atoms with Crippen molar-refractivity contribution in [2.24, 2.45) is 11.8 Å². The van der Waals surface area contributed by atoms with E-state index >= 15 is 0 Å². The van der Waals surface area contributed by atoms with Crippen molar-refractivity contribution in [1.29, 1.82) is 0 Å². The molecule has 0 N–H and O–H groups in total. The van der Waals surface area contributed by atoms with E-state index in [1.54, 1.807) is 0 Å². The third kappa shape index (κ3) is 25.1. The Morgan fingerprint density at radius 2 is 0.778 bits per heavy atom. The highest BCUT2D eigenvalue weighted by atomic mass is 16.5. The van der Waals surface area contributed by atoms with Crippen molar-refractivity contribution >= 4 is 5.97 Å². The zero-order valence-electron chi connectivity index (χ0n) is 25.6. The van der Waals surface area contributed by atoms with Crippen molar-refractivity contribution in [1.82, 2.24) is 0 Å². The van der Waals surface area contributed by atoms with Crippen LogP contribution in [0.15, 0.2) is 0 Å². The lowest BCUT2D eigenvalue weighted by atomic mass is 9.94. The molecule has 0 bridgehead atoms. The number of rotatable bonds is 29. The van der Waals surface area contributed by atoms with Crippen LogP contribution in [-0.4, -0.2) is 12.6 Å². The Labute approximate surface area is 228 Å². The van der Waals surface area contributed by atoms with Crippen LogP contribution in [0.1, 0.15) is 195 Å². The Bertz CT molecular complexity index is 433. The standard InChI is InChI=1S/C34H68O2/c1-5-8-11-14-17-18-19-21-24-27-30-33(29-26-23-16-13-10-7-3)31-36-34(35)32(4)28-25-22-20-15-12-9-6-2/h32-33H,5-31H2,1-4H3. The molecule has 0 rings (SSSR count). The number of hydrogen-bond donors (Lipinski definition) is 0. The highest BCUT2D eigenvalue weighted by Gasteiger charge is 2.17. The molecule has 0 saturated carbocycles. The first-order chi connectivity index (χ1) is 17.7. The van der Waals surface area contributed by atoms with Crippen molar-refractivity contribution in [3.05, 3.63) is 0 Å². The molecular weight excluding hydrogens is 440 g/mol. The fourth-order valence-corrected chi connectivity index (χ4v) is 5.31. The first-order valence-electron chi connectivity index (χ1n) is 16.8. The third-order valence-corrected chi connectivity index (χ3v) is 8.04. The van der Waals surface area contributed by atoms with Crippen molar-refractivity contribution in [3.8, 4) is 0 Å². The molecule has 0 spiro atoms. The minimum absolute atomic E-state index is 0.0528. The SMILES string of the molecule is CCCCCCCCCCCCC(CCCCCCCC)COC(=O)C(C)CCCCCCCCC. The van der Waals surface area contributed by atoms with Crippen LogP contribution in [0.4, 0.5) is 0 Å². The van der Waals surface area contributed by atoms with Gasteiger partial charge in [-0.15, -0.1) is 0 Å². The Kier molecular flexibility index (Phi) is 28.6. The molecule has 2 heteroatoms. The van der Waals surface area contributed by atoms with Gasteiger partial charge in [-0.3, -0.25) is 4.79 Å². The topological polar surface area (TPSA) is 26.3 Å². The quantitative estimate of drug-likeness (QED) is 0.0741. The maximum atomic E-state index is 12.6. The van der Waals surface area contributed by atoms with Crippen molar-refractivity contribution < 1.29 is 9.53 Å². The van der Waals surface area contributed by atoms with Gasteiger partial charge in [-0.1, -0.05) is 175 Å². The fourth-order valence-electron chi connectivity index (χ4n) is 5.31. The van der Waals surface area contributed by atoms with Crippen LogP contribution in [0, 0.1) is 11.8 Å². The van der Waals surface area contributed by atoms with E-state index in [1.807, 2.05) is 0 Å². The van der Waals surface area contributed by atoms with Gasteiger partial charge >= 0.3 is 5.97 Å². The Balaban J connectivity index is 4.10. The van der Waals surface area contributed by atoms with E-state index in [1.165, 1.54) is 161 Å². The first kappa shape index (κ1) is 35.5. The summed E-state index contributed by atoms with van der Waals surface area (Å²) in [6.07, 6.45) is 34.6. The summed E-state index contributed by atoms with van der Waals surface area (Å²) in [5.74, 6) is 0.685. The molecule has 0 aromatic heterocycles. The summed E-state index contributed by atoms with van der Waals surface area (Å²) in [6, 6.07) is 0. The van der Waals surface area contributed by atoms with Crippen molar-refractivity contribution in [2.75, 3.05) is 6.61 Å². The van der Waals surface area contributed by atoms with E-state index in [0.29, 0.717) is 12.5 Å². The van der Waals surface area contributed by atoms with E-state index in [2.05, 4.69) is 27.7 Å². The van der Waals surface area contributed by atoms with Crippen LogP contribution in [0.2, 0.25) is 0 Å². The maximum Gasteiger partial charge on any atom is 0.308 e. The minimum atomic E-state index is 0.0528. The molecule has 0 aliphatic carbocycles. The second-order valence-electron chi connectivity index (χ2n) is 11.8. The van der Waals surface area contributed by atoms with Gasteiger partial charge in [-0.25, -0.2) is 0 Å².